The molecule has 2 aliphatic carbocycles. The number of rotatable bonds is 0. The molecule has 0 amide bonds. The molecular formula is C14H17N3O2. The van der Waals surface area contributed by atoms with E-state index in [1.54, 1.807) is 0 Å². The summed E-state index contributed by atoms with van der Waals surface area (Å²) >= 11 is 0. The second-order valence-corrected chi connectivity index (χ2v) is 5.18. The van der Waals surface area contributed by atoms with Gasteiger partial charge in [-0.25, -0.2) is 0 Å². The second-order valence-electron chi connectivity index (χ2n) is 5.18. The number of hydrogen-bond acceptors (Lipinski definition) is 5. The fraction of sp³-hybridized carbons (Fsp3) is 0.500. The van der Waals surface area contributed by atoms with Gasteiger partial charge in [0.05, 0.1) is 22.8 Å². The Morgan fingerprint density at radius 2 is 1.32 bits per heavy atom. The van der Waals surface area contributed by atoms with Crippen LogP contribution in [-0.4, -0.2) is 26.8 Å². The van der Waals surface area contributed by atoms with E-state index < -0.39 is 0 Å². The van der Waals surface area contributed by atoms with Crippen LogP contribution < -0.4 is 0 Å². The lowest BCUT2D eigenvalue weighted by molar-refractivity contribution is 0.317. The quantitative estimate of drug-likeness (QED) is 0.554. The lowest BCUT2D eigenvalue weighted by Crippen LogP contribution is -2.23. The fourth-order valence-electron chi connectivity index (χ4n) is 3.26. The summed E-state index contributed by atoms with van der Waals surface area (Å²) in [6, 6.07) is 0. The predicted molar refractivity (Wildman–Crippen MR) is 71.5 cm³/mol. The Labute approximate surface area is 111 Å². The number of oxime groups is 2. The number of aryl methyl sites for hydroxylation is 2. The molecule has 1 aromatic rings. The minimum atomic E-state index is 0.705. The maximum absolute atomic E-state index is 9.17. The molecule has 19 heavy (non-hydrogen) atoms. The average molecular weight is 259 g/mol. The summed E-state index contributed by atoms with van der Waals surface area (Å²) in [6.07, 6.45) is 5.34. The molecule has 5 heteroatoms. The number of pyridine rings is 1. The van der Waals surface area contributed by atoms with E-state index in [0.29, 0.717) is 11.4 Å². The highest BCUT2D eigenvalue weighted by molar-refractivity contribution is 6.09. The van der Waals surface area contributed by atoms with Crippen LogP contribution in [0, 0.1) is 6.92 Å². The molecule has 0 saturated carbocycles. The largest absolute Gasteiger partial charge is 0.411 e. The van der Waals surface area contributed by atoms with Gasteiger partial charge < -0.3 is 10.4 Å². The van der Waals surface area contributed by atoms with Gasteiger partial charge in [0.1, 0.15) is 0 Å². The topological polar surface area (TPSA) is 78.1 Å². The second kappa shape index (κ2) is 4.64. The van der Waals surface area contributed by atoms with Crippen molar-refractivity contribution in [3.63, 3.8) is 0 Å². The van der Waals surface area contributed by atoms with Crippen molar-refractivity contribution in [2.45, 2.75) is 45.4 Å². The molecule has 2 aliphatic rings. The molecule has 1 heterocycles. The van der Waals surface area contributed by atoms with Crippen LogP contribution in [0.25, 0.3) is 0 Å². The first kappa shape index (κ1) is 12.1. The summed E-state index contributed by atoms with van der Waals surface area (Å²) in [4.78, 5) is 4.73. The zero-order chi connectivity index (χ0) is 13.4. The molecule has 1 aromatic heterocycles. The Morgan fingerprint density at radius 1 is 0.842 bits per heavy atom. The molecular weight excluding hydrogens is 242 g/mol. The van der Waals surface area contributed by atoms with E-state index in [0.717, 1.165) is 66.6 Å². The van der Waals surface area contributed by atoms with Crippen LogP contribution in [-0.2, 0) is 12.8 Å². The van der Waals surface area contributed by atoms with Gasteiger partial charge in [-0.2, -0.15) is 0 Å². The van der Waals surface area contributed by atoms with Crippen LogP contribution in [0.4, 0.5) is 0 Å². The molecule has 0 aliphatic heterocycles. The lowest BCUT2D eigenvalue weighted by Gasteiger charge is -2.25. The maximum Gasteiger partial charge on any atom is 0.0889 e. The maximum atomic E-state index is 9.17. The van der Waals surface area contributed by atoms with Crippen LogP contribution in [0.15, 0.2) is 10.3 Å². The van der Waals surface area contributed by atoms with Gasteiger partial charge in [0.25, 0.3) is 0 Å². The van der Waals surface area contributed by atoms with Crippen LogP contribution in [0.2, 0.25) is 0 Å². The van der Waals surface area contributed by atoms with Gasteiger partial charge in [-0.15, -0.1) is 0 Å². The summed E-state index contributed by atoms with van der Waals surface area (Å²) in [7, 11) is 0. The molecule has 0 bridgehead atoms. The van der Waals surface area contributed by atoms with Crippen LogP contribution in [0.3, 0.4) is 0 Å². The van der Waals surface area contributed by atoms with Gasteiger partial charge in [-0.1, -0.05) is 10.3 Å². The summed E-state index contributed by atoms with van der Waals surface area (Å²) in [5.74, 6) is 0. The molecule has 100 valence electrons. The Morgan fingerprint density at radius 3 is 1.74 bits per heavy atom. The highest BCUT2D eigenvalue weighted by Crippen LogP contribution is 2.31. The zero-order valence-electron chi connectivity index (χ0n) is 11.0. The molecule has 2 N–H and O–H groups in total. The molecule has 0 saturated heterocycles. The van der Waals surface area contributed by atoms with Gasteiger partial charge in [0.15, 0.2) is 0 Å². The van der Waals surface area contributed by atoms with Crippen molar-refractivity contribution in [2.75, 3.05) is 0 Å². The van der Waals surface area contributed by atoms with Crippen molar-refractivity contribution >= 4 is 11.4 Å². The Kier molecular flexibility index (Phi) is 2.97. The van der Waals surface area contributed by atoms with Crippen molar-refractivity contribution in [3.05, 3.63) is 28.1 Å². The minimum absolute atomic E-state index is 0.705. The first-order valence-corrected chi connectivity index (χ1v) is 6.71. The van der Waals surface area contributed by atoms with E-state index in [2.05, 4.69) is 10.3 Å². The van der Waals surface area contributed by atoms with Crippen molar-refractivity contribution in [2.24, 2.45) is 10.3 Å². The van der Waals surface area contributed by atoms with Crippen molar-refractivity contribution in [1.29, 1.82) is 0 Å². The Bertz CT molecular complexity index is 543. The standard InChI is InChI=1S/C14H17N3O2/c1-8-13-9(4-2-6-11(13)16-18)15-10-5-3-7-12(17-19)14(8)10/h18-19H,2-7H2,1H3/b16-11+,17-12+. The van der Waals surface area contributed by atoms with Crippen molar-refractivity contribution < 1.29 is 10.4 Å². The van der Waals surface area contributed by atoms with E-state index in [1.807, 2.05) is 6.92 Å². The molecule has 0 fully saturated rings. The normalized spacial score (nSPS) is 22.4. The minimum Gasteiger partial charge on any atom is -0.411 e. The summed E-state index contributed by atoms with van der Waals surface area (Å²) in [5.41, 5.74) is 6.41. The zero-order valence-corrected chi connectivity index (χ0v) is 11.0. The summed E-state index contributed by atoms with van der Waals surface area (Å²) in [6.45, 7) is 2.01. The van der Waals surface area contributed by atoms with Gasteiger partial charge in [-0.05, 0) is 51.0 Å². The molecule has 3 rings (SSSR count). The smallest absolute Gasteiger partial charge is 0.0889 e. The molecule has 0 aromatic carbocycles. The highest BCUT2D eigenvalue weighted by Gasteiger charge is 2.27. The van der Waals surface area contributed by atoms with Crippen LogP contribution in [0.5, 0.6) is 0 Å². The lowest BCUT2D eigenvalue weighted by atomic mass is 9.83. The van der Waals surface area contributed by atoms with E-state index in [9.17, 15) is 0 Å². The van der Waals surface area contributed by atoms with Crippen molar-refractivity contribution in [1.82, 2.24) is 4.98 Å². The molecule has 5 nitrogen and oxygen atoms in total. The first-order chi connectivity index (χ1) is 9.26. The Balaban J connectivity index is 2.28. The van der Waals surface area contributed by atoms with E-state index >= 15 is 0 Å². The highest BCUT2D eigenvalue weighted by atomic mass is 16.4. The third-order valence-corrected chi connectivity index (χ3v) is 4.07. The average Bonchev–Trinajstić information content (AvgIpc) is 2.45. The number of nitrogens with zero attached hydrogens (tertiary/aromatic N) is 3. The third-order valence-electron chi connectivity index (χ3n) is 4.07. The van der Waals surface area contributed by atoms with E-state index in [4.69, 9.17) is 15.4 Å². The van der Waals surface area contributed by atoms with E-state index in [1.165, 1.54) is 0 Å². The third kappa shape index (κ3) is 1.80. The number of fused-ring (bicyclic) bond motifs is 2. The number of aromatic nitrogens is 1. The van der Waals surface area contributed by atoms with Crippen LogP contribution in [0.1, 0.15) is 53.8 Å². The molecule has 0 atom stereocenters. The molecule has 0 spiro atoms. The predicted octanol–water partition coefficient (Wildman–Crippen LogP) is 2.42. The fourth-order valence-corrected chi connectivity index (χ4v) is 3.26. The van der Waals surface area contributed by atoms with Crippen molar-refractivity contribution in [3.8, 4) is 0 Å². The number of hydrogen-bond donors (Lipinski definition) is 2. The summed E-state index contributed by atoms with van der Waals surface area (Å²) in [5, 5.41) is 25.2. The molecule has 0 unspecified atom stereocenters. The SMILES string of the molecule is Cc1c2c(nc3c1/C(=N/O)CCC3)CCC/C2=N\O. The van der Waals surface area contributed by atoms with Gasteiger partial charge in [0, 0.05) is 11.1 Å². The van der Waals surface area contributed by atoms with Crippen LogP contribution >= 0.6 is 0 Å². The summed E-state index contributed by atoms with van der Waals surface area (Å²) < 4.78 is 0. The molecule has 0 radical (unpaired) electrons. The van der Waals surface area contributed by atoms with Gasteiger partial charge >= 0.3 is 0 Å². The van der Waals surface area contributed by atoms with Gasteiger partial charge in [-0.3, -0.25) is 4.98 Å². The van der Waals surface area contributed by atoms with E-state index in [-0.39, 0.29) is 0 Å². The first-order valence-electron chi connectivity index (χ1n) is 6.71. The monoisotopic (exact) mass is 259 g/mol. The Hall–Kier alpha value is -1.91. The van der Waals surface area contributed by atoms with Gasteiger partial charge in [0.2, 0.25) is 0 Å².